The first-order chi connectivity index (χ1) is 6.52. The average Bonchev–Trinajstić information content (AvgIpc) is 2.16. The second kappa shape index (κ2) is 7.05. The van der Waals surface area contributed by atoms with Crippen LogP contribution in [0.15, 0.2) is 12.2 Å². The van der Waals surface area contributed by atoms with E-state index in [4.69, 9.17) is 0 Å². The number of hydrogen-bond acceptors (Lipinski definition) is 0. The minimum Gasteiger partial charge on any atom is -0.328 e. The zero-order chi connectivity index (χ0) is 11.0. The lowest BCUT2D eigenvalue weighted by Crippen LogP contribution is -2.40. The molecule has 0 unspecified atom stereocenters. The summed E-state index contributed by atoms with van der Waals surface area (Å²) >= 11 is 0. The van der Waals surface area contributed by atoms with Gasteiger partial charge in [0.25, 0.3) is 0 Å². The third kappa shape index (κ3) is 7.14. The standard InChI is InChI=1S/C13H28N/c1-6-8-9-10-13(3)11-12-14(4,5)7-2/h3,6-12H2,1-2,4-5H3/q+1. The molecule has 0 aromatic carbocycles. The molecule has 0 N–H and O–H groups in total. The Hall–Kier alpha value is -0.300. The van der Waals surface area contributed by atoms with Crippen molar-refractivity contribution in [3.8, 4) is 0 Å². The van der Waals surface area contributed by atoms with Gasteiger partial charge in [0.05, 0.1) is 27.2 Å². The summed E-state index contributed by atoms with van der Waals surface area (Å²) in [4.78, 5) is 0. The summed E-state index contributed by atoms with van der Waals surface area (Å²) in [6, 6.07) is 0. The van der Waals surface area contributed by atoms with Crippen molar-refractivity contribution in [2.45, 2.75) is 46.0 Å². The largest absolute Gasteiger partial charge is 0.328 e. The molecule has 84 valence electrons. The Morgan fingerprint density at radius 1 is 1.07 bits per heavy atom. The van der Waals surface area contributed by atoms with Crippen LogP contribution in [0.2, 0.25) is 0 Å². The maximum atomic E-state index is 4.15. The van der Waals surface area contributed by atoms with E-state index in [0.29, 0.717) is 0 Å². The van der Waals surface area contributed by atoms with Gasteiger partial charge in [-0.3, -0.25) is 0 Å². The lowest BCUT2D eigenvalue weighted by molar-refractivity contribution is -0.888. The molecule has 0 spiro atoms. The molecule has 0 saturated heterocycles. The summed E-state index contributed by atoms with van der Waals surface area (Å²) in [7, 11) is 4.58. The molecule has 0 aliphatic carbocycles. The molecular weight excluding hydrogens is 170 g/mol. The van der Waals surface area contributed by atoms with E-state index in [1.54, 1.807) is 0 Å². The molecule has 0 radical (unpaired) electrons. The first-order valence-electron chi connectivity index (χ1n) is 6.00. The topological polar surface area (TPSA) is 0 Å². The second-order valence-electron chi connectivity index (χ2n) is 4.93. The molecule has 0 fully saturated rings. The van der Waals surface area contributed by atoms with Gasteiger partial charge in [-0.05, 0) is 19.8 Å². The van der Waals surface area contributed by atoms with Gasteiger partial charge in [-0.2, -0.15) is 0 Å². The molecule has 0 bridgehead atoms. The van der Waals surface area contributed by atoms with E-state index < -0.39 is 0 Å². The summed E-state index contributed by atoms with van der Waals surface area (Å²) in [6.07, 6.45) is 6.42. The zero-order valence-electron chi connectivity index (χ0n) is 10.6. The van der Waals surface area contributed by atoms with Crippen molar-refractivity contribution in [1.29, 1.82) is 0 Å². The van der Waals surface area contributed by atoms with E-state index in [-0.39, 0.29) is 0 Å². The van der Waals surface area contributed by atoms with E-state index in [1.165, 1.54) is 50.8 Å². The lowest BCUT2D eigenvalue weighted by atomic mass is 10.1. The van der Waals surface area contributed by atoms with Gasteiger partial charge < -0.3 is 4.48 Å². The molecule has 1 nitrogen and oxygen atoms in total. The van der Waals surface area contributed by atoms with Crippen LogP contribution in [0, 0.1) is 0 Å². The maximum absolute atomic E-state index is 4.15. The minimum atomic E-state index is 1.12. The lowest BCUT2D eigenvalue weighted by Gasteiger charge is -2.28. The Kier molecular flexibility index (Phi) is 6.90. The molecule has 0 saturated carbocycles. The highest BCUT2D eigenvalue weighted by atomic mass is 15.3. The highest BCUT2D eigenvalue weighted by molar-refractivity contribution is 4.93. The smallest absolute Gasteiger partial charge is 0.0820 e. The molecule has 0 aliphatic heterocycles. The van der Waals surface area contributed by atoms with Gasteiger partial charge in [-0.1, -0.05) is 31.9 Å². The van der Waals surface area contributed by atoms with Crippen LogP contribution in [0.5, 0.6) is 0 Å². The molecule has 1 heteroatoms. The fourth-order valence-electron chi connectivity index (χ4n) is 1.37. The maximum Gasteiger partial charge on any atom is 0.0820 e. The highest BCUT2D eigenvalue weighted by Crippen LogP contribution is 2.12. The van der Waals surface area contributed by atoms with E-state index in [9.17, 15) is 0 Å². The van der Waals surface area contributed by atoms with Crippen molar-refractivity contribution < 1.29 is 4.48 Å². The van der Waals surface area contributed by atoms with Crippen LogP contribution in [0.4, 0.5) is 0 Å². The van der Waals surface area contributed by atoms with Gasteiger partial charge in [0.15, 0.2) is 0 Å². The Bertz CT molecular complexity index is 159. The summed E-state index contributed by atoms with van der Waals surface area (Å²) < 4.78 is 1.12. The Morgan fingerprint density at radius 3 is 2.21 bits per heavy atom. The van der Waals surface area contributed by atoms with Crippen LogP contribution in [-0.4, -0.2) is 31.7 Å². The molecule has 14 heavy (non-hydrogen) atoms. The molecule has 0 atom stereocenters. The molecule has 0 aliphatic rings. The van der Waals surface area contributed by atoms with E-state index in [0.717, 1.165) is 4.48 Å². The van der Waals surface area contributed by atoms with Crippen LogP contribution < -0.4 is 0 Å². The number of hydrogen-bond donors (Lipinski definition) is 0. The Labute approximate surface area is 90.4 Å². The van der Waals surface area contributed by atoms with Crippen LogP contribution >= 0.6 is 0 Å². The SMILES string of the molecule is C=C(CCCCC)CC[N+](C)(C)CC. The summed E-state index contributed by atoms with van der Waals surface area (Å²) in [6.45, 7) is 11.1. The van der Waals surface area contributed by atoms with Gasteiger partial charge in [0, 0.05) is 6.42 Å². The van der Waals surface area contributed by atoms with E-state index >= 15 is 0 Å². The van der Waals surface area contributed by atoms with Gasteiger partial charge in [-0.15, -0.1) is 0 Å². The fraction of sp³-hybridized carbons (Fsp3) is 0.846. The Balaban J connectivity index is 3.53. The Morgan fingerprint density at radius 2 is 1.71 bits per heavy atom. The van der Waals surface area contributed by atoms with Crippen molar-refractivity contribution in [2.75, 3.05) is 27.2 Å². The van der Waals surface area contributed by atoms with Crippen LogP contribution in [0.25, 0.3) is 0 Å². The quantitative estimate of drug-likeness (QED) is 0.317. The summed E-state index contributed by atoms with van der Waals surface area (Å²) in [5, 5.41) is 0. The fourth-order valence-corrected chi connectivity index (χ4v) is 1.37. The molecular formula is C13H28N+. The predicted octanol–water partition coefficient (Wildman–Crippen LogP) is 3.61. The summed E-state index contributed by atoms with van der Waals surface area (Å²) in [5.41, 5.74) is 1.44. The normalized spacial score (nSPS) is 11.7. The molecule has 0 amide bonds. The van der Waals surface area contributed by atoms with E-state index in [2.05, 4.69) is 34.5 Å². The number of quaternary nitrogens is 1. The van der Waals surface area contributed by atoms with Crippen molar-refractivity contribution in [3.63, 3.8) is 0 Å². The minimum absolute atomic E-state index is 1.12. The van der Waals surface area contributed by atoms with Gasteiger partial charge in [-0.25, -0.2) is 0 Å². The van der Waals surface area contributed by atoms with Gasteiger partial charge in [0.2, 0.25) is 0 Å². The summed E-state index contributed by atoms with van der Waals surface area (Å²) in [5.74, 6) is 0. The van der Waals surface area contributed by atoms with Crippen molar-refractivity contribution >= 4 is 0 Å². The average molecular weight is 198 g/mol. The number of nitrogens with zero attached hydrogens (tertiary/aromatic N) is 1. The highest BCUT2D eigenvalue weighted by Gasteiger charge is 2.11. The number of rotatable bonds is 8. The van der Waals surface area contributed by atoms with Crippen molar-refractivity contribution in [1.82, 2.24) is 0 Å². The monoisotopic (exact) mass is 198 g/mol. The predicted molar refractivity (Wildman–Crippen MR) is 65.4 cm³/mol. The third-order valence-corrected chi connectivity index (χ3v) is 3.06. The number of unbranched alkanes of at least 4 members (excludes halogenated alkanes) is 2. The van der Waals surface area contributed by atoms with Crippen molar-refractivity contribution in [2.24, 2.45) is 0 Å². The van der Waals surface area contributed by atoms with Gasteiger partial charge >= 0.3 is 0 Å². The van der Waals surface area contributed by atoms with Crippen LogP contribution in [0.3, 0.4) is 0 Å². The van der Waals surface area contributed by atoms with Crippen LogP contribution in [-0.2, 0) is 0 Å². The third-order valence-electron chi connectivity index (χ3n) is 3.06. The van der Waals surface area contributed by atoms with Crippen LogP contribution in [0.1, 0.15) is 46.0 Å². The zero-order valence-corrected chi connectivity index (χ0v) is 10.6. The van der Waals surface area contributed by atoms with Crippen molar-refractivity contribution in [3.05, 3.63) is 12.2 Å². The van der Waals surface area contributed by atoms with E-state index in [1.807, 2.05) is 0 Å². The first kappa shape index (κ1) is 13.7. The first-order valence-corrected chi connectivity index (χ1v) is 6.00. The molecule has 0 aromatic heterocycles. The second-order valence-corrected chi connectivity index (χ2v) is 4.93. The molecule has 0 rings (SSSR count). The molecule has 0 heterocycles. The van der Waals surface area contributed by atoms with Gasteiger partial charge in [0.1, 0.15) is 0 Å². The molecule has 0 aromatic rings.